The zero-order valence-corrected chi connectivity index (χ0v) is 12.4. The first kappa shape index (κ1) is 16.3. The Balaban J connectivity index is 2.61. The van der Waals surface area contributed by atoms with Gasteiger partial charge in [0.05, 0.1) is 22.8 Å². The van der Waals surface area contributed by atoms with E-state index in [2.05, 4.69) is 11.4 Å². The molecule has 0 atom stereocenters. The molecule has 1 rings (SSSR count). The molecule has 5 nitrogen and oxygen atoms in total. The summed E-state index contributed by atoms with van der Waals surface area (Å²) >= 11 is 6.09. The van der Waals surface area contributed by atoms with Crippen LogP contribution < -0.4 is 10.2 Å². The maximum atomic E-state index is 11.8. The third-order valence-corrected chi connectivity index (χ3v) is 3.02. The van der Waals surface area contributed by atoms with Crippen LogP contribution in [0.15, 0.2) is 18.2 Å². The molecule has 0 spiro atoms. The number of amides is 1. The Labute approximate surface area is 124 Å². The number of carbonyl (C=O) groups is 1. The van der Waals surface area contributed by atoms with Crippen molar-refractivity contribution in [2.45, 2.75) is 6.42 Å². The van der Waals surface area contributed by atoms with Gasteiger partial charge in [0.25, 0.3) is 0 Å². The fraction of sp³-hybridized carbons (Fsp3) is 0.429. The van der Waals surface area contributed by atoms with E-state index in [0.29, 0.717) is 29.4 Å². The third kappa shape index (κ3) is 4.72. The first-order chi connectivity index (χ1) is 9.60. The van der Waals surface area contributed by atoms with Gasteiger partial charge in [0.15, 0.2) is 0 Å². The van der Waals surface area contributed by atoms with Crippen molar-refractivity contribution in [3.8, 4) is 6.07 Å². The Kier molecular flexibility index (Phi) is 6.85. The lowest BCUT2D eigenvalue weighted by Gasteiger charge is -2.21. The number of rotatable bonds is 7. The van der Waals surface area contributed by atoms with Crippen LogP contribution in [0, 0.1) is 11.3 Å². The largest absolute Gasteiger partial charge is 0.385 e. The van der Waals surface area contributed by atoms with Crippen LogP contribution in [0.5, 0.6) is 0 Å². The van der Waals surface area contributed by atoms with Crippen molar-refractivity contribution < 1.29 is 9.53 Å². The van der Waals surface area contributed by atoms with Gasteiger partial charge in [-0.3, -0.25) is 4.79 Å². The molecular formula is C14H18ClN3O2. The highest BCUT2D eigenvalue weighted by molar-refractivity contribution is 6.33. The van der Waals surface area contributed by atoms with E-state index in [9.17, 15) is 4.79 Å². The second-order valence-corrected chi connectivity index (χ2v) is 4.71. The highest BCUT2D eigenvalue weighted by atomic mass is 35.5. The summed E-state index contributed by atoms with van der Waals surface area (Å²) in [6, 6.07) is 7.16. The zero-order chi connectivity index (χ0) is 15.0. The van der Waals surface area contributed by atoms with Gasteiger partial charge in [-0.05, 0) is 18.6 Å². The van der Waals surface area contributed by atoms with Crippen LogP contribution >= 0.6 is 11.6 Å². The first-order valence-corrected chi connectivity index (χ1v) is 6.63. The van der Waals surface area contributed by atoms with E-state index in [1.54, 1.807) is 37.3 Å². The van der Waals surface area contributed by atoms with E-state index in [-0.39, 0.29) is 12.5 Å². The lowest BCUT2D eigenvalue weighted by Crippen LogP contribution is -2.36. The van der Waals surface area contributed by atoms with E-state index in [0.717, 1.165) is 6.42 Å². The molecule has 0 aromatic heterocycles. The predicted octanol–water partition coefficient (Wildman–Crippen LogP) is 1.80. The van der Waals surface area contributed by atoms with Crippen LogP contribution in [-0.2, 0) is 9.53 Å². The van der Waals surface area contributed by atoms with E-state index < -0.39 is 0 Å². The van der Waals surface area contributed by atoms with Gasteiger partial charge < -0.3 is 15.0 Å². The minimum Gasteiger partial charge on any atom is -0.385 e. The smallest absolute Gasteiger partial charge is 0.239 e. The molecular weight excluding hydrogens is 278 g/mol. The Morgan fingerprint density at radius 1 is 1.55 bits per heavy atom. The quantitative estimate of drug-likeness (QED) is 0.779. The highest BCUT2D eigenvalue weighted by Crippen LogP contribution is 2.28. The second kappa shape index (κ2) is 8.41. The third-order valence-electron chi connectivity index (χ3n) is 2.72. The topological polar surface area (TPSA) is 65.4 Å². The molecule has 0 saturated heterocycles. The number of likely N-dealkylation sites (N-methyl/N-ethyl adjacent to an activating group) is 1. The Bertz CT molecular complexity index is 500. The molecule has 0 aliphatic carbocycles. The molecule has 20 heavy (non-hydrogen) atoms. The first-order valence-electron chi connectivity index (χ1n) is 6.25. The fourth-order valence-corrected chi connectivity index (χ4v) is 2.11. The molecule has 1 N–H and O–H groups in total. The lowest BCUT2D eigenvalue weighted by atomic mass is 10.2. The SMILES string of the molecule is COCCCNC(=O)CN(C)c1c(Cl)cccc1C#N. The summed E-state index contributed by atoms with van der Waals surface area (Å²) in [6.07, 6.45) is 0.765. The Morgan fingerprint density at radius 2 is 2.30 bits per heavy atom. The summed E-state index contributed by atoms with van der Waals surface area (Å²) in [5, 5.41) is 12.3. The number of anilines is 1. The number of nitrogens with one attached hydrogen (secondary N) is 1. The maximum absolute atomic E-state index is 11.8. The van der Waals surface area contributed by atoms with E-state index in [1.165, 1.54) is 0 Å². The fourth-order valence-electron chi connectivity index (χ4n) is 1.79. The average molecular weight is 296 g/mol. The van der Waals surface area contributed by atoms with Crippen LogP contribution in [0.4, 0.5) is 5.69 Å². The molecule has 0 saturated carbocycles. The summed E-state index contributed by atoms with van der Waals surface area (Å²) in [7, 11) is 3.35. The average Bonchev–Trinajstić information content (AvgIpc) is 2.43. The number of para-hydroxylation sites is 1. The van der Waals surface area contributed by atoms with Gasteiger partial charge in [-0.15, -0.1) is 0 Å². The summed E-state index contributed by atoms with van der Waals surface area (Å²) in [6.45, 7) is 1.32. The number of methoxy groups -OCH3 is 1. The molecule has 108 valence electrons. The van der Waals surface area contributed by atoms with Crippen molar-refractivity contribution in [1.29, 1.82) is 5.26 Å². The molecule has 0 aliphatic rings. The van der Waals surface area contributed by atoms with Gasteiger partial charge in [0.2, 0.25) is 5.91 Å². The van der Waals surface area contributed by atoms with Crippen molar-refractivity contribution >= 4 is 23.2 Å². The number of nitriles is 1. The standard InChI is InChI=1S/C14H18ClN3O2/c1-18(10-13(19)17-7-4-8-20-2)14-11(9-16)5-3-6-12(14)15/h3,5-6H,4,7-8,10H2,1-2H3,(H,17,19). The van der Waals surface area contributed by atoms with E-state index in [4.69, 9.17) is 21.6 Å². The van der Waals surface area contributed by atoms with Crippen molar-refractivity contribution in [3.05, 3.63) is 28.8 Å². The number of ether oxygens (including phenoxy) is 1. The number of halogens is 1. The minimum atomic E-state index is -0.118. The molecule has 0 heterocycles. The molecule has 0 unspecified atom stereocenters. The normalized spacial score (nSPS) is 9.90. The number of benzene rings is 1. The van der Waals surface area contributed by atoms with Gasteiger partial charge in [-0.25, -0.2) is 0 Å². The zero-order valence-electron chi connectivity index (χ0n) is 11.6. The maximum Gasteiger partial charge on any atom is 0.239 e. The second-order valence-electron chi connectivity index (χ2n) is 4.30. The molecule has 1 amide bonds. The summed E-state index contributed by atoms with van der Waals surface area (Å²) in [5.41, 5.74) is 1.02. The minimum absolute atomic E-state index is 0.118. The summed E-state index contributed by atoms with van der Waals surface area (Å²) in [5.74, 6) is -0.118. The van der Waals surface area contributed by atoms with E-state index in [1.807, 2.05) is 0 Å². The lowest BCUT2D eigenvalue weighted by molar-refractivity contribution is -0.119. The molecule has 0 radical (unpaired) electrons. The number of carbonyl (C=O) groups excluding carboxylic acids is 1. The van der Waals surface area contributed by atoms with Gasteiger partial charge in [0.1, 0.15) is 6.07 Å². The molecule has 1 aromatic rings. The molecule has 1 aromatic carbocycles. The van der Waals surface area contributed by atoms with Crippen molar-refractivity contribution in [3.63, 3.8) is 0 Å². The van der Waals surface area contributed by atoms with Gasteiger partial charge in [-0.2, -0.15) is 5.26 Å². The van der Waals surface area contributed by atoms with Gasteiger partial charge in [-0.1, -0.05) is 17.7 Å². The molecule has 0 fully saturated rings. The molecule has 0 aliphatic heterocycles. The van der Waals surface area contributed by atoms with Crippen LogP contribution in [-0.4, -0.2) is 39.8 Å². The monoisotopic (exact) mass is 295 g/mol. The number of hydrogen-bond donors (Lipinski definition) is 1. The number of nitrogens with zero attached hydrogens (tertiary/aromatic N) is 2. The van der Waals surface area contributed by atoms with Crippen molar-refractivity contribution in [1.82, 2.24) is 5.32 Å². The van der Waals surface area contributed by atoms with Crippen LogP contribution in [0.3, 0.4) is 0 Å². The predicted molar refractivity (Wildman–Crippen MR) is 78.9 cm³/mol. The van der Waals surface area contributed by atoms with Crippen molar-refractivity contribution in [2.24, 2.45) is 0 Å². The van der Waals surface area contributed by atoms with E-state index >= 15 is 0 Å². The van der Waals surface area contributed by atoms with Crippen LogP contribution in [0.2, 0.25) is 5.02 Å². The van der Waals surface area contributed by atoms with Crippen LogP contribution in [0.1, 0.15) is 12.0 Å². The van der Waals surface area contributed by atoms with Gasteiger partial charge >= 0.3 is 0 Å². The Hall–Kier alpha value is -1.77. The number of hydrogen-bond acceptors (Lipinski definition) is 4. The summed E-state index contributed by atoms with van der Waals surface area (Å²) in [4.78, 5) is 13.5. The van der Waals surface area contributed by atoms with Crippen molar-refractivity contribution in [2.75, 3.05) is 38.8 Å². The Morgan fingerprint density at radius 3 is 2.95 bits per heavy atom. The molecule has 0 bridgehead atoms. The van der Waals surface area contributed by atoms with Crippen LogP contribution in [0.25, 0.3) is 0 Å². The molecule has 6 heteroatoms. The van der Waals surface area contributed by atoms with Gasteiger partial charge in [0, 0.05) is 27.3 Å². The highest BCUT2D eigenvalue weighted by Gasteiger charge is 2.14. The summed E-state index contributed by atoms with van der Waals surface area (Å²) < 4.78 is 4.90.